The molecule has 5 nitrogen and oxygen atoms in total. The first-order valence-electron chi connectivity index (χ1n) is 11.8. The molecule has 1 fully saturated rings. The van der Waals surface area contributed by atoms with Crippen LogP contribution < -0.4 is 10.1 Å². The first-order valence-corrected chi connectivity index (χ1v) is 11.8. The predicted octanol–water partition coefficient (Wildman–Crippen LogP) is 5.90. The van der Waals surface area contributed by atoms with Gasteiger partial charge in [0.25, 0.3) is 0 Å². The van der Waals surface area contributed by atoms with E-state index in [9.17, 15) is 9.18 Å². The Bertz CT molecular complexity index is 903. The van der Waals surface area contributed by atoms with Crippen molar-refractivity contribution in [2.45, 2.75) is 77.8 Å². The van der Waals surface area contributed by atoms with Gasteiger partial charge in [-0.15, -0.1) is 0 Å². The number of carbonyl (C=O) groups excluding carboxylic acids is 1. The summed E-state index contributed by atoms with van der Waals surface area (Å²) >= 11 is 0. The van der Waals surface area contributed by atoms with E-state index in [4.69, 9.17) is 14.2 Å². The summed E-state index contributed by atoms with van der Waals surface area (Å²) in [5, 5.41) is 2.64. The van der Waals surface area contributed by atoms with E-state index < -0.39 is 5.60 Å². The van der Waals surface area contributed by atoms with E-state index in [1.165, 1.54) is 12.1 Å². The summed E-state index contributed by atoms with van der Waals surface area (Å²) in [5.41, 5.74) is 2.16. The first-order chi connectivity index (χ1) is 15.9. The maximum Gasteiger partial charge on any atom is 0.220 e. The molecule has 33 heavy (non-hydrogen) atoms. The fourth-order valence-electron chi connectivity index (χ4n) is 4.09. The minimum atomic E-state index is -0.406. The number of hydrogen-bond donors (Lipinski definition) is 1. The zero-order valence-corrected chi connectivity index (χ0v) is 20.7. The van der Waals surface area contributed by atoms with E-state index in [2.05, 4.69) is 19.2 Å². The van der Waals surface area contributed by atoms with Gasteiger partial charge in [0, 0.05) is 27.0 Å². The maximum absolute atomic E-state index is 13.9. The Balaban J connectivity index is 0.00000187. The molecule has 1 amide bonds. The number of amides is 1. The molecule has 0 spiro atoms. The fourth-order valence-corrected chi connectivity index (χ4v) is 4.09. The molecule has 0 aliphatic carbocycles. The Morgan fingerprint density at radius 2 is 1.97 bits per heavy atom. The van der Waals surface area contributed by atoms with E-state index >= 15 is 0 Å². The lowest BCUT2D eigenvalue weighted by Gasteiger charge is -2.43. The second-order valence-electron chi connectivity index (χ2n) is 8.14. The van der Waals surface area contributed by atoms with Crippen molar-refractivity contribution in [1.29, 1.82) is 0 Å². The van der Waals surface area contributed by atoms with Gasteiger partial charge in [0.15, 0.2) is 0 Å². The Morgan fingerprint density at radius 3 is 2.61 bits per heavy atom. The lowest BCUT2D eigenvalue weighted by molar-refractivity contribution is -0.241. The highest BCUT2D eigenvalue weighted by atomic mass is 19.1. The highest BCUT2D eigenvalue weighted by molar-refractivity contribution is 5.77. The summed E-state index contributed by atoms with van der Waals surface area (Å²) in [5.74, 6) is 0.316. The van der Waals surface area contributed by atoms with Crippen molar-refractivity contribution in [3.05, 3.63) is 53.8 Å². The van der Waals surface area contributed by atoms with Gasteiger partial charge in [0.1, 0.15) is 11.6 Å². The average Bonchev–Trinajstić information content (AvgIpc) is 2.84. The summed E-state index contributed by atoms with van der Waals surface area (Å²) < 4.78 is 31.9. The number of methoxy groups -OCH3 is 1. The minimum Gasteiger partial charge on any atom is -0.465 e. The van der Waals surface area contributed by atoms with Gasteiger partial charge in [0.05, 0.1) is 11.7 Å². The molecular weight excluding hydrogens is 421 g/mol. The molecule has 1 N–H and O–H groups in total. The zero-order valence-electron chi connectivity index (χ0n) is 20.7. The van der Waals surface area contributed by atoms with Crippen molar-refractivity contribution in [3.63, 3.8) is 0 Å². The van der Waals surface area contributed by atoms with Crippen molar-refractivity contribution in [1.82, 2.24) is 5.32 Å². The molecule has 0 radical (unpaired) electrons. The van der Waals surface area contributed by atoms with Crippen molar-refractivity contribution in [3.8, 4) is 16.9 Å². The standard InChI is InChI=1S/C25H32FNO4.C2H6/c1-5-25(2)22(29-4)12-14-24(31-25)30-20-11-9-17(10-13-23(28)27-3)21(16-20)18-7-6-8-19(26)15-18;1-2/h6-9,11,15-16,22,24H,5,10,12-14H2,1-4H3,(H,27,28);1-2H3. The lowest BCUT2D eigenvalue weighted by Crippen LogP contribution is -2.50. The largest absolute Gasteiger partial charge is 0.465 e. The molecular formula is C27H38FNO4. The van der Waals surface area contributed by atoms with E-state index in [0.29, 0.717) is 18.6 Å². The smallest absolute Gasteiger partial charge is 0.220 e. The second-order valence-corrected chi connectivity index (χ2v) is 8.14. The number of benzene rings is 2. The molecule has 3 atom stereocenters. The Hall–Kier alpha value is -2.44. The van der Waals surface area contributed by atoms with E-state index in [1.54, 1.807) is 20.2 Å². The highest BCUT2D eigenvalue weighted by Crippen LogP contribution is 2.36. The molecule has 1 heterocycles. The molecule has 1 aliphatic rings. The summed E-state index contributed by atoms with van der Waals surface area (Å²) in [6.07, 6.45) is 2.96. The van der Waals surface area contributed by atoms with Gasteiger partial charge >= 0.3 is 0 Å². The van der Waals surface area contributed by atoms with Gasteiger partial charge < -0.3 is 19.5 Å². The van der Waals surface area contributed by atoms with E-state index in [-0.39, 0.29) is 24.1 Å². The molecule has 182 valence electrons. The van der Waals surface area contributed by atoms with Crippen molar-refractivity contribution in [2.75, 3.05) is 14.2 Å². The van der Waals surface area contributed by atoms with Gasteiger partial charge in [0.2, 0.25) is 12.2 Å². The zero-order chi connectivity index (χ0) is 24.4. The number of aryl methyl sites for hydroxylation is 1. The third kappa shape index (κ3) is 7.02. The maximum atomic E-state index is 13.9. The first kappa shape index (κ1) is 26.8. The molecule has 0 aromatic heterocycles. The number of halogens is 1. The lowest BCUT2D eigenvalue weighted by atomic mass is 9.89. The van der Waals surface area contributed by atoms with Gasteiger partial charge in [-0.2, -0.15) is 0 Å². The van der Waals surface area contributed by atoms with Crippen LogP contribution in [0.4, 0.5) is 4.39 Å². The molecule has 3 unspecified atom stereocenters. The van der Waals surface area contributed by atoms with E-state index in [0.717, 1.165) is 36.0 Å². The SMILES string of the molecule is CC.CCC1(C)OC(Oc2ccc(CCC(=O)NC)c(-c3cccc(F)c3)c2)CCC1OC. The van der Waals surface area contributed by atoms with Crippen LogP contribution in [0.15, 0.2) is 42.5 Å². The number of rotatable bonds is 8. The van der Waals surface area contributed by atoms with Crippen molar-refractivity contribution in [2.24, 2.45) is 0 Å². The molecule has 1 saturated heterocycles. The normalized spacial score (nSPS) is 22.2. The van der Waals surface area contributed by atoms with Gasteiger partial charge in [-0.3, -0.25) is 4.79 Å². The molecule has 1 aliphatic heterocycles. The van der Waals surface area contributed by atoms with Crippen LogP contribution in [-0.2, 0) is 20.7 Å². The monoisotopic (exact) mass is 459 g/mol. The predicted molar refractivity (Wildman–Crippen MR) is 130 cm³/mol. The Kier molecular flexibility index (Phi) is 10.3. The summed E-state index contributed by atoms with van der Waals surface area (Å²) in [6.45, 7) is 8.13. The number of ether oxygens (including phenoxy) is 3. The molecule has 2 aromatic carbocycles. The fraction of sp³-hybridized carbons (Fsp3) is 0.519. The van der Waals surface area contributed by atoms with Crippen LogP contribution in [0.2, 0.25) is 0 Å². The molecule has 3 rings (SSSR count). The van der Waals surface area contributed by atoms with Gasteiger partial charge in [-0.1, -0.05) is 39.0 Å². The molecule has 2 aromatic rings. The van der Waals surface area contributed by atoms with Crippen molar-refractivity contribution < 1.29 is 23.4 Å². The third-order valence-electron chi connectivity index (χ3n) is 6.12. The summed E-state index contributed by atoms with van der Waals surface area (Å²) in [4.78, 5) is 11.7. The summed E-state index contributed by atoms with van der Waals surface area (Å²) in [6, 6.07) is 12.2. The van der Waals surface area contributed by atoms with Crippen LogP contribution in [0.3, 0.4) is 0 Å². The summed E-state index contributed by atoms with van der Waals surface area (Å²) in [7, 11) is 3.33. The number of hydrogen-bond acceptors (Lipinski definition) is 4. The van der Waals surface area contributed by atoms with Crippen LogP contribution in [0.25, 0.3) is 11.1 Å². The number of nitrogens with one attached hydrogen (secondary N) is 1. The van der Waals surface area contributed by atoms with Crippen LogP contribution >= 0.6 is 0 Å². The van der Waals surface area contributed by atoms with Crippen LogP contribution in [0, 0.1) is 5.82 Å². The third-order valence-corrected chi connectivity index (χ3v) is 6.12. The van der Waals surface area contributed by atoms with Crippen LogP contribution in [-0.4, -0.2) is 38.1 Å². The van der Waals surface area contributed by atoms with Gasteiger partial charge in [-0.25, -0.2) is 4.39 Å². The van der Waals surface area contributed by atoms with E-state index in [1.807, 2.05) is 38.1 Å². The molecule has 0 bridgehead atoms. The Labute approximate surface area is 197 Å². The van der Waals surface area contributed by atoms with Crippen molar-refractivity contribution >= 4 is 5.91 Å². The molecule has 6 heteroatoms. The minimum absolute atomic E-state index is 0.0345. The van der Waals surface area contributed by atoms with Crippen LogP contribution in [0.1, 0.15) is 58.9 Å². The second kappa shape index (κ2) is 12.7. The highest BCUT2D eigenvalue weighted by Gasteiger charge is 2.41. The van der Waals surface area contributed by atoms with Crippen LogP contribution in [0.5, 0.6) is 5.75 Å². The quantitative estimate of drug-likeness (QED) is 0.534. The number of carbonyl (C=O) groups is 1. The molecule has 0 saturated carbocycles. The average molecular weight is 460 g/mol. The topological polar surface area (TPSA) is 56.8 Å². The Morgan fingerprint density at radius 1 is 1.21 bits per heavy atom. The van der Waals surface area contributed by atoms with Gasteiger partial charge in [-0.05, 0) is 67.1 Å².